The van der Waals surface area contributed by atoms with Crippen LogP contribution in [0.4, 0.5) is 24.5 Å². The number of hydrogen-bond acceptors (Lipinski definition) is 5. The van der Waals surface area contributed by atoms with Gasteiger partial charge in [-0.1, -0.05) is 12.1 Å². The maximum atomic E-state index is 12.6. The number of anilines is 2. The van der Waals surface area contributed by atoms with Crippen molar-refractivity contribution in [2.24, 2.45) is 5.73 Å². The molecule has 2 aromatic rings. The number of piperidine rings is 1. The van der Waals surface area contributed by atoms with E-state index in [0.717, 1.165) is 43.6 Å². The normalized spacial score (nSPS) is 16.0. The maximum absolute atomic E-state index is 12.6. The number of rotatable bonds is 8. The van der Waals surface area contributed by atoms with E-state index in [1.54, 1.807) is 18.2 Å². The first-order valence-corrected chi connectivity index (χ1v) is 11.4. The van der Waals surface area contributed by atoms with Crippen LogP contribution in [0.5, 0.6) is 0 Å². The molecule has 1 unspecified atom stereocenters. The minimum Gasteiger partial charge on any atom is -0.364 e. The molecule has 3 N–H and O–H groups in total. The highest BCUT2D eigenvalue weighted by Gasteiger charge is 2.38. The summed E-state index contributed by atoms with van der Waals surface area (Å²) in [6.45, 7) is 5.26. The lowest BCUT2D eigenvalue weighted by Crippen LogP contribution is -2.47. The third-order valence-electron chi connectivity index (χ3n) is 6.27. The molecule has 1 amide bonds. The maximum Gasteiger partial charge on any atom is 0.471 e. The first-order chi connectivity index (χ1) is 16.2. The van der Waals surface area contributed by atoms with Crippen LogP contribution in [0, 0.1) is 11.3 Å². The molecule has 0 spiro atoms. The van der Waals surface area contributed by atoms with Crippen LogP contribution in [0.2, 0.25) is 0 Å². The van der Waals surface area contributed by atoms with E-state index < -0.39 is 12.1 Å². The average molecular weight is 474 g/mol. The Morgan fingerprint density at radius 1 is 1.24 bits per heavy atom. The predicted molar refractivity (Wildman–Crippen MR) is 126 cm³/mol. The summed E-state index contributed by atoms with van der Waals surface area (Å²) in [6.07, 6.45) is -2.13. The van der Waals surface area contributed by atoms with Crippen molar-refractivity contribution >= 4 is 17.3 Å². The Labute approximate surface area is 198 Å². The van der Waals surface area contributed by atoms with Crippen LogP contribution in [-0.2, 0) is 11.3 Å². The van der Waals surface area contributed by atoms with Crippen LogP contribution in [0.1, 0.15) is 37.3 Å². The Bertz CT molecular complexity index is 995. The van der Waals surface area contributed by atoms with E-state index in [1.807, 2.05) is 23.5 Å². The number of alkyl halides is 3. The third-order valence-corrected chi connectivity index (χ3v) is 6.27. The highest BCUT2D eigenvalue weighted by Crippen LogP contribution is 2.29. The molecule has 1 heterocycles. The van der Waals surface area contributed by atoms with Gasteiger partial charge in [-0.15, -0.1) is 0 Å². The van der Waals surface area contributed by atoms with Crippen LogP contribution in [0.3, 0.4) is 0 Å². The van der Waals surface area contributed by atoms with Gasteiger partial charge in [-0.05, 0) is 74.7 Å². The summed E-state index contributed by atoms with van der Waals surface area (Å²) in [7, 11) is 0. The molecule has 0 saturated carbocycles. The number of hydrogen-bond donors (Lipinski definition) is 2. The van der Waals surface area contributed by atoms with E-state index in [1.165, 1.54) is 12.1 Å². The quantitative estimate of drug-likeness (QED) is 0.598. The zero-order valence-electron chi connectivity index (χ0n) is 19.2. The highest BCUT2D eigenvalue weighted by molar-refractivity contribution is 5.95. The molecule has 34 heavy (non-hydrogen) atoms. The average Bonchev–Trinajstić information content (AvgIpc) is 2.83. The molecule has 9 heteroatoms. The van der Waals surface area contributed by atoms with Crippen LogP contribution < -0.4 is 16.0 Å². The van der Waals surface area contributed by atoms with Crippen LogP contribution in [0.15, 0.2) is 48.5 Å². The van der Waals surface area contributed by atoms with Gasteiger partial charge in [0.15, 0.2) is 0 Å². The van der Waals surface area contributed by atoms with Crippen molar-refractivity contribution in [3.05, 3.63) is 59.7 Å². The van der Waals surface area contributed by atoms with Gasteiger partial charge >= 0.3 is 12.1 Å². The molecule has 1 fully saturated rings. The smallest absolute Gasteiger partial charge is 0.364 e. The summed E-state index contributed by atoms with van der Waals surface area (Å²) in [5, 5.41) is 11.1. The number of carbonyl (C=O) groups excluding carboxylic acids is 1. The molecule has 182 valence electrons. The Kier molecular flexibility index (Phi) is 8.53. The van der Waals surface area contributed by atoms with Crippen molar-refractivity contribution < 1.29 is 18.0 Å². The summed E-state index contributed by atoms with van der Waals surface area (Å²) in [6, 6.07) is 16.6. The zero-order valence-corrected chi connectivity index (χ0v) is 19.2. The molecule has 0 bridgehead atoms. The summed E-state index contributed by atoms with van der Waals surface area (Å²) < 4.78 is 37.7. The standard InChI is InChI=1S/C25H30F3N5O/c1-18(9-12-29)32-13-10-23(11-14-32)33(17-20-4-2-3-19(15-20)16-30)22-7-5-21(6-8-22)31-24(34)25(26,27)28/h2-8,15,18,23H,9-14,17,29H2,1H3,(H,31,34). The lowest BCUT2D eigenvalue weighted by molar-refractivity contribution is -0.167. The molecule has 0 aromatic heterocycles. The van der Waals surface area contributed by atoms with Gasteiger partial charge in [-0.25, -0.2) is 0 Å². The van der Waals surface area contributed by atoms with Gasteiger partial charge in [0.25, 0.3) is 0 Å². The van der Waals surface area contributed by atoms with Crippen LogP contribution in [0.25, 0.3) is 0 Å². The van der Waals surface area contributed by atoms with E-state index >= 15 is 0 Å². The summed E-state index contributed by atoms with van der Waals surface area (Å²) >= 11 is 0. The van der Waals surface area contributed by atoms with E-state index in [9.17, 15) is 23.2 Å². The number of nitrogens with two attached hydrogens (primary N) is 1. The van der Waals surface area contributed by atoms with E-state index in [2.05, 4.69) is 22.8 Å². The molecular weight excluding hydrogens is 443 g/mol. The number of amides is 1. The molecule has 2 aromatic carbocycles. The van der Waals surface area contributed by atoms with Gasteiger partial charge < -0.3 is 20.9 Å². The largest absolute Gasteiger partial charge is 0.471 e. The van der Waals surface area contributed by atoms with Gasteiger partial charge in [0.1, 0.15) is 0 Å². The number of nitriles is 1. The topological polar surface area (TPSA) is 85.4 Å². The molecule has 3 rings (SSSR count). The van der Waals surface area contributed by atoms with Crippen molar-refractivity contribution in [2.75, 3.05) is 29.9 Å². The number of likely N-dealkylation sites (tertiary alicyclic amines) is 1. The zero-order chi connectivity index (χ0) is 24.7. The Balaban J connectivity index is 1.79. The Morgan fingerprint density at radius 2 is 1.91 bits per heavy atom. The first kappa shape index (κ1) is 25.5. The van der Waals surface area contributed by atoms with Gasteiger partial charge in [0.2, 0.25) is 0 Å². The molecule has 0 aliphatic carbocycles. The second-order valence-electron chi connectivity index (χ2n) is 8.63. The second-order valence-corrected chi connectivity index (χ2v) is 8.63. The minimum absolute atomic E-state index is 0.0860. The third kappa shape index (κ3) is 6.72. The first-order valence-electron chi connectivity index (χ1n) is 11.4. The van der Waals surface area contributed by atoms with Crippen molar-refractivity contribution in [1.29, 1.82) is 5.26 Å². The molecule has 1 aliphatic rings. The SMILES string of the molecule is CC(CCN)N1CCC(N(Cc2cccc(C#N)c2)c2ccc(NC(=O)C(F)(F)F)cc2)CC1. The summed E-state index contributed by atoms with van der Waals surface area (Å²) in [4.78, 5) is 15.9. The number of halogens is 3. The number of benzene rings is 2. The number of nitrogens with zero attached hydrogens (tertiary/aromatic N) is 3. The number of nitrogens with one attached hydrogen (secondary N) is 1. The predicted octanol–water partition coefficient (Wildman–Crippen LogP) is 4.27. The van der Waals surface area contributed by atoms with E-state index in [4.69, 9.17) is 5.73 Å². The van der Waals surface area contributed by atoms with Gasteiger partial charge in [-0.3, -0.25) is 4.79 Å². The van der Waals surface area contributed by atoms with Gasteiger partial charge in [0, 0.05) is 43.1 Å². The molecule has 6 nitrogen and oxygen atoms in total. The van der Waals surface area contributed by atoms with Crippen molar-refractivity contribution in [3.63, 3.8) is 0 Å². The Morgan fingerprint density at radius 3 is 2.50 bits per heavy atom. The van der Waals surface area contributed by atoms with Gasteiger partial charge in [0.05, 0.1) is 11.6 Å². The van der Waals surface area contributed by atoms with Crippen molar-refractivity contribution in [1.82, 2.24) is 4.90 Å². The molecule has 0 radical (unpaired) electrons. The minimum atomic E-state index is -4.94. The van der Waals surface area contributed by atoms with Crippen molar-refractivity contribution in [3.8, 4) is 6.07 Å². The highest BCUT2D eigenvalue weighted by atomic mass is 19.4. The van der Waals surface area contributed by atoms with Crippen LogP contribution >= 0.6 is 0 Å². The lowest BCUT2D eigenvalue weighted by atomic mass is 9.99. The van der Waals surface area contributed by atoms with Crippen molar-refractivity contribution in [2.45, 2.75) is 51.0 Å². The second kappa shape index (κ2) is 11.4. The molecule has 1 saturated heterocycles. The lowest BCUT2D eigenvalue weighted by Gasteiger charge is -2.42. The monoisotopic (exact) mass is 473 g/mol. The molecular formula is C25H30F3N5O. The molecule has 1 atom stereocenters. The fourth-order valence-corrected chi connectivity index (χ4v) is 4.37. The van der Waals surface area contributed by atoms with Gasteiger partial charge in [-0.2, -0.15) is 18.4 Å². The fourth-order valence-electron chi connectivity index (χ4n) is 4.37. The summed E-state index contributed by atoms with van der Waals surface area (Å²) in [5.74, 6) is -2.00. The Hall–Kier alpha value is -3.09. The van der Waals surface area contributed by atoms with Crippen LogP contribution in [-0.4, -0.2) is 48.7 Å². The van der Waals surface area contributed by atoms with E-state index in [0.29, 0.717) is 24.7 Å². The molecule has 1 aliphatic heterocycles. The summed E-state index contributed by atoms with van der Waals surface area (Å²) in [5.41, 5.74) is 8.21. The number of carbonyl (C=O) groups is 1. The van der Waals surface area contributed by atoms with E-state index in [-0.39, 0.29) is 11.7 Å². The fraction of sp³-hybridized carbons (Fsp3) is 0.440.